The van der Waals surface area contributed by atoms with Crippen molar-refractivity contribution in [3.05, 3.63) is 24.3 Å². The van der Waals surface area contributed by atoms with Crippen LogP contribution in [0.2, 0.25) is 0 Å². The first-order valence-electron chi connectivity index (χ1n) is 22.0. The minimum Gasteiger partial charge on any atom is -0.756 e. The number of carbonyl (C=O) groups excluding carboxylic acids is 2. The van der Waals surface area contributed by atoms with Crippen LogP contribution >= 0.6 is 7.82 Å². The summed E-state index contributed by atoms with van der Waals surface area (Å²) < 4.78 is 33.9. The molecule has 0 aromatic heterocycles. The normalized spacial score (nSPS) is 13.8. The van der Waals surface area contributed by atoms with Crippen LogP contribution in [0.4, 0.5) is 0 Å². The molecule has 0 bridgehead atoms. The summed E-state index contributed by atoms with van der Waals surface area (Å²) in [7, 11) is 1.16. The highest BCUT2D eigenvalue weighted by molar-refractivity contribution is 7.45. The number of likely N-dealkylation sites (N-methyl/N-ethyl adjacent to an activating group) is 1. The van der Waals surface area contributed by atoms with E-state index >= 15 is 0 Å². The highest BCUT2D eigenvalue weighted by Gasteiger charge is 2.21. The second-order valence-corrected chi connectivity index (χ2v) is 17.5. The largest absolute Gasteiger partial charge is 0.756 e. The summed E-state index contributed by atoms with van der Waals surface area (Å²) in [5, 5.41) is 0. The maximum Gasteiger partial charge on any atom is 0.306 e. The molecule has 0 radical (unpaired) electrons. The number of esters is 2. The molecule has 10 heteroatoms. The van der Waals surface area contributed by atoms with Crippen LogP contribution < -0.4 is 4.89 Å². The summed E-state index contributed by atoms with van der Waals surface area (Å²) in [6.45, 7) is 4.20. The number of phosphoric acid groups is 1. The summed E-state index contributed by atoms with van der Waals surface area (Å²) >= 11 is 0. The van der Waals surface area contributed by atoms with E-state index in [0.717, 1.165) is 57.8 Å². The fourth-order valence-corrected chi connectivity index (χ4v) is 6.67. The highest BCUT2D eigenvalue weighted by Crippen LogP contribution is 2.38. The zero-order valence-corrected chi connectivity index (χ0v) is 36.6. The van der Waals surface area contributed by atoms with Gasteiger partial charge in [-0.2, -0.15) is 0 Å². The van der Waals surface area contributed by atoms with E-state index < -0.39 is 26.5 Å². The standard InChI is InChI=1S/C44H84NO8P/c1-6-8-10-12-14-16-18-20-22-24-26-28-30-32-34-36-43(46)50-40-42(41-52-54(48,49)51-39-38-45(3,4)5)53-44(47)37-35-33-31-29-27-25-23-21-19-17-15-13-11-9-7-2/h16-19,42H,6-15,20-41H2,1-5H3/b18-16+,19-17+. The van der Waals surface area contributed by atoms with Crippen molar-refractivity contribution in [2.24, 2.45) is 0 Å². The van der Waals surface area contributed by atoms with Gasteiger partial charge < -0.3 is 27.9 Å². The molecule has 0 N–H and O–H groups in total. The van der Waals surface area contributed by atoms with Crippen LogP contribution in [0.3, 0.4) is 0 Å². The first kappa shape index (κ1) is 52.5. The van der Waals surface area contributed by atoms with Crippen molar-refractivity contribution in [1.29, 1.82) is 0 Å². The molecule has 318 valence electrons. The molecule has 9 nitrogen and oxygen atoms in total. The number of quaternary nitrogens is 1. The molecule has 0 aliphatic heterocycles. The van der Waals surface area contributed by atoms with E-state index in [1.54, 1.807) is 0 Å². The average Bonchev–Trinajstić information content (AvgIpc) is 3.12. The molecule has 2 unspecified atom stereocenters. The van der Waals surface area contributed by atoms with Gasteiger partial charge in [0.15, 0.2) is 6.10 Å². The Morgan fingerprint density at radius 3 is 1.37 bits per heavy atom. The van der Waals surface area contributed by atoms with Crippen molar-refractivity contribution in [3.8, 4) is 0 Å². The Labute approximate surface area is 332 Å². The SMILES string of the molecule is CCCCCC/C=C/CCCCCCCCCC(=O)OCC(COP(=O)([O-])OCC[N+](C)(C)C)OC(=O)CCCCCCCCC/C=C/CCCCCC. The fraction of sp³-hybridized carbons (Fsp3) is 0.864. The lowest BCUT2D eigenvalue weighted by molar-refractivity contribution is -0.870. The summed E-state index contributed by atoms with van der Waals surface area (Å²) in [5.74, 6) is -0.841. The first-order valence-corrected chi connectivity index (χ1v) is 23.5. The molecule has 0 amide bonds. The molecule has 54 heavy (non-hydrogen) atoms. The van der Waals surface area contributed by atoms with E-state index in [2.05, 4.69) is 38.2 Å². The molecular formula is C44H84NO8P. The Morgan fingerprint density at radius 1 is 0.556 bits per heavy atom. The number of unbranched alkanes of at least 4 members (excludes halogenated alkanes) is 22. The quantitative estimate of drug-likeness (QED) is 0.0198. The molecule has 0 aromatic carbocycles. The molecular weight excluding hydrogens is 701 g/mol. The van der Waals surface area contributed by atoms with Gasteiger partial charge in [-0.1, -0.05) is 141 Å². The van der Waals surface area contributed by atoms with Crippen molar-refractivity contribution in [1.82, 2.24) is 0 Å². The van der Waals surface area contributed by atoms with Gasteiger partial charge in [0.25, 0.3) is 7.82 Å². The third-order valence-corrected chi connectivity index (χ3v) is 10.4. The summed E-state index contributed by atoms with van der Waals surface area (Å²) in [6, 6.07) is 0. The molecule has 0 saturated heterocycles. The molecule has 0 aromatic rings. The third kappa shape index (κ3) is 40.2. The second-order valence-electron chi connectivity index (χ2n) is 16.1. The fourth-order valence-electron chi connectivity index (χ4n) is 5.94. The van der Waals surface area contributed by atoms with Gasteiger partial charge in [0, 0.05) is 12.8 Å². The number of hydrogen-bond acceptors (Lipinski definition) is 8. The average molecular weight is 786 g/mol. The van der Waals surface area contributed by atoms with Crippen LogP contribution in [0.5, 0.6) is 0 Å². The van der Waals surface area contributed by atoms with Gasteiger partial charge in [-0.05, 0) is 64.2 Å². The topological polar surface area (TPSA) is 111 Å². The number of ether oxygens (including phenoxy) is 2. The molecule has 0 fully saturated rings. The first-order chi connectivity index (χ1) is 26.0. The van der Waals surface area contributed by atoms with Gasteiger partial charge in [-0.15, -0.1) is 0 Å². The third-order valence-electron chi connectivity index (χ3n) is 9.44. The summed E-state index contributed by atoms with van der Waals surface area (Å²) in [4.78, 5) is 37.5. The van der Waals surface area contributed by atoms with E-state index in [1.807, 2.05) is 21.1 Å². The van der Waals surface area contributed by atoms with Gasteiger partial charge in [-0.3, -0.25) is 14.2 Å². The summed E-state index contributed by atoms with van der Waals surface area (Å²) in [5.41, 5.74) is 0. The van der Waals surface area contributed by atoms with Crippen molar-refractivity contribution >= 4 is 19.8 Å². The van der Waals surface area contributed by atoms with Crippen LogP contribution in [0.25, 0.3) is 0 Å². The van der Waals surface area contributed by atoms with Crippen molar-refractivity contribution in [3.63, 3.8) is 0 Å². The molecule has 2 atom stereocenters. The van der Waals surface area contributed by atoms with Crippen LogP contribution in [0.1, 0.15) is 194 Å². The van der Waals surface area contributed by atoms with E-state index in [0.29, 0.717) is 17.4 Å². The minimum absolute atomic E-state index is 0.0312. The van der Waals surface area contributed by atoms with Crippen molar-refractivity contribution < 1.29 is 42.1 Å². The van der Waals surface area contributed by atoms with E-state index in [-0.39, 0.29) is 32.0 Å². The lowest BCUT2D eigenvalue weighted by Crippen LogP contribution is -2.37. The zero-order chi connectivity index (χ0) is 40.0. The van der Waals surface area contributed by atoms with Crippen LogP contribution in [0, 0.1) is 0 Å². The van der Waals surface area contributed by atoms with Crippen LogP contribution in [-0.2, 0) is 32.7 Å². The highest BCUT2D eigenvalue weighted by atomic mass is 31.2. The van der Waals surface area contributed by atoms with Gasteiger partial charge in [0.2, 0.25) is 0 Å². The Balaban J connectivity index is 4.36. The minimum atomic E-state index is -4.62. The molecule has 0 aliphatic carbocycles. The van der Waals surface area contributed by atoms with Gasteiger partial charge >= 0.3 is 11.9 Å². The molecule has 0 aliphatic rings. The van der Waals surface area contributed by atoms with Gasteiger partial charge in [0.05, 0.1) is 27.7 Å². The maximum absolute atomic E-state index is 12.7. The number of nitrogens with zero attached hydrogens (tertiary/aromatic N) is 1. The van der Waals surface area contributed by atoms with Crippen molar-refractivity contribution in [2.75, 3.05) is 47.5 Å². The number of carbonyl (C=O) groups is 2. The Hall–Kier alpha value is -1.51. The molecule has 0 heterocycles. The molecule has 0 rings (SSSR count). The number of rotatable bonds is 40. The van der Waals surface area contributed by atoms with Gasteiger partial charge in [-0.25, -0.2) is 0 Å². The monoisotopic (exact) mass is 786 g/mol. The Kier molecular flexibility index (Phi) is 36.1. The maximum atomic E-state index is 12.7. The Morgan fingerprint density at radius 2 is 0.944 bits per heavy atom. The van der Waals surface area contributed by atoms with Crippen LogP contribution in [0.15, 0.2) is 24.3 Å². The molecule has 0 saturated carbocycles. The van der Waals surface area contributed by atoms with Crippen molar-refractivity contribution in [2.45, 2.75) is 200 Å². The zero-order valence-electron chi connectivity index (χ0n) is 35.7. The van der Waals surface area contributed by atoms with Crippen LogP contribution in [-0.4, -0.2) is 70.0 Å². The smallest absolute Gasteiger partial charge is 0.306 e. The van der Waals surface area contributed by atoms with E-state index in [4.69, 9.17) is 18.5 Å². The lowest BCUT2D eigenvalue weighted by atomic mass is 10.1. The molecule has 0 spiro atoms. The van der Waals surface area contributed by atoms with E-state index in [9.17, 15) is 19.0 Å². The predicted octanol–water partition coefficient (Wildman–Crippen LogP) is 11.7. The lowest BCUT2D eigenvalue weighted by Gasteiger charge is -2.28. The van der Waals surface area contributed by atoms with Gasteiger partial charge in [0.1, 0.15) is 19.8 Å². The summed E-state index contributed by atoms with van der Waals surface area (Å²) in [6.07, 6.45) is 39.1. The number of hydrogen-bond donors (Lipinski definition) is 0. The predicted molar refractivity (Wildman–Crippen MR) is 222 cm³/mol. The van der Waals surface area contributed by atoms with E-state index in [1.165, 1.54) is 103 Å². The number of allylic oxidation sites excluding steroid dienone is 4. The number of phosphoric ester groups is 1. The Bertz CT molecular complexity index is 980. The second kappa shape index (κ2) is 37.1.